The van der Waals surface area contributed by atoms with Crippen molar-refractivity contribution in [3.8, 4) is 0 Å². The summed E-state index contributed by atoms with van der Waals surface area (Å²) in [4.78, 5) is 0. The van der Waals surface area contributed by atoms with Crippen LogP contribution in [-0.2, 0) is 11.2 Å². The van der Waals surface area contributed by atoms with E-state index in [0.717, 1.165) is 12.5 Å². The van der Waals surface area contributed by atoms with Crippen LogP contribution in [0.15, 0.2) is 30.3 Å². The van der Waals surface area contributed by atoms with Crippen molar-refractivity contribution < 1.29 is 4.74 Å². The highest BCUT2D eigenvalue weighted by molar-refractivity contribution is 5.15. The van der Waals surface area contributed by atoms with E-state index in [1.165, 1.54) is 18.4 Å². The van der Waals surface area contributed by atoms with Crippen molar-refractivity contribution in [2.45, 2.75) is 25.9 Å². The Balaban J connectivity index is 1.82. The molecule has 2 unspecified atom stereocenters. The average Bonchev–Trinajstić information content (AvgIpc) is 2.90. The predicted molar refractivity (Wildman–Crippen MR) is 53.7 cm³/mol. The highest BCUT2D eigenvalue weighted by Crippen LogP contribution is 2.21. The zero-order valence-electron chi connectivity index (χ0n) is 8.07. The molecule has 1 aromatic rings. The van der Waals surface area contributed by atoms with Gasteiger partial charge in [-0.15, -0.1) is 0 Å². The first kappa shape index (κ1) is 8.76. The van der Waals surface area contributed by atoms with Gasteiger partial charge in [0.2, 0.25) is 0 Å². The Morgan fingerprint density at radius 2 is 2.08 bits per heavy atom. The fraction of sp³-hybridized carbons (Fsp3) is 0.500. The van der Waals surface area contributed by atoms with Crippen LogP contribution in [0.25, 0.3) is 0 Å². The molecule has 1 aliphatic heterocycles. The lowest BCUT2D eigenvalue weighted by Crippen LogP contribution is -2.03. The van der Waals surface area contributed by atoms with Crippen LogP contribution in [0.1, 0.15) is 18.9 Å². The van der Waals surface area contributed by atoms with Crippen LogP contribution in [-0.4, -0.2) is 12.7 Å². The third-order valence-electron chi connectivity index (χ3n) is 2.49. The van der Waals surface area contributed by atoms with Crippen LogP contribution in [0.5, 0.6) is 0 Å². The summed E-state index contributed by atoms with van der Waals surface area (Å²) < 4.78 is 5.22. The van der Waals surface area contributed by atoms with E-state index in [0.29, 0.717) is 6.10 Å². The molecule has 0 bridgehead atoms. The molecule has 1 aromatic carbocycles. The van der Waals surface area contributed by atoms with Crippen molar-refractivity contribution in [2.24, 2.45) is 5.92 Å². The summed E-state index contributed by atoms with van der Waals surface area (Å²) in [7, 11) is 0. The minimum absolute atomic E-state index is 0.568. The lowest BCUT2D eigenvalue weighted by molar-refractivity contribution is 0.361. The molecule has 2 atom stereocenters. The summed E-state index contributed by atoms with van der Waals surface area (Å²) in [6, 6.07) is 10.7. The van der Waals surface area contributed by atoms with Gasteiger partial charge in [0.1, 0.15) is 0 Å². The van der Waals surface area contributed by atoms with E-state index in [9.17, 15) is 0 Å². The molecule has 0 N–H and O–H groups in total. The van der Waals surface area contributed by atoms with Crippen LogP contribution in [0.3, 0.4) is 0 Å². The molecule has 0 amide bonds. The van der Waals surface area contributed by atoms with Gasteiger partial charge in [-0.3, -0.25) is 0 Å². The first-order valence-electron chi connectivity index (χ1n) is 5.00. The van der Waals surface area contributed by atoms with Crippen molar-refractivity contribution in [3.05, 3.63) is 35.9 Å². The van der Waals surface area contributed by atoms with Gasteiger partial charge in [0, 0.05) is 0 Å². The molecule has 0 spiro atoms. The SMILES string of the molecule is CC(Cc1ccccc1)CC1CO1. The van der Waals surface area contributed by atoms with E-state index >= 15 is 0 Å². The Bertz CT molecular complexity index is 251. The summed E-state index contributed by atoms with van der Waals surface area (Å²) in [5.74, 6) is 0.745. The number of rotatable bonds is 4. The van der Waals surface area contributed by atoms with Gasteiger partial charge in [-0.05, 0) is 24.3 Å². The Morgan fingerprint density at radius 3 is 2.69 bits per heavy atom. The highest BCUT2D eigenvalue weighted by Gasteiger charge is 2.24. The van der Waals surface area contributed by atoms with Crippen molar-refractivity contribution in [1.29, 1.82) is 0 Å². The molecule has 0 aromatic heterocycles. The van der Waals surface area contributed by atoms with E-state index in [2.05, 4.69) is 37.3 Å². The molecule has 2 rings (SSSR count). The fourth-order valence-corrected chi connectivity index (χ4v) is 1.75. The molecule has 0 radical (unpaired) electrons. The van der Waals surface area contributed by atoms with Crippen molar-refractivity contribution in [1.82, 2.24) is 0 Å². The number of hydrogen-bond donors (Lipinski definition) is 0. The molecule has 1 nitrogen and oxygen atoms in total. The van der Waals surface area contributed by atoms with Gasteiger partial charge in [0.15, 0.2) is 0 Å². The van der Waals surface area contributed by atoms with Crippen LogP contribution in [0.4, 0.5) is 0 Å². The van der Waals surface area contributed by atoms with Crippen LogP contribution in [0, 0.1) is 5.92 Å². The molecule has 1 heteroatoms. The third kappa shape index (κ3) is 2.85. The minimum atomic E-state index is 0.568. The quantitative estimate of drug-likeness (QED) is 0.642. The molecule has 1 aliphatic rings. The molecular weight excluding hydrogens is 160 g/mol. The molecule has 70 valence electrons. The van der Waals surface area contributed by atoms with E-state index in [4.69, 9.17) is 4.74 Å². The summed E-state index contributed by atoms with van der Waals surface area (Å²) in [5.41, 5.74) is 1.44. The molecule has 0 saturated carbocycles. The minimum Gasteiger partial charge on any atom is -0.373 e. The van der Waals surface area contributed by atoms with Crippen LogP contribution >= 0.6 is 0 Å². The third-order valence-corrected chi connectivity index (χ3v) is 2.49. The lowest BCUT2D eigenvalue weighted by atomic mass is 9.97. The number of ether oxygens (including phenoxy) is 1. The summed E-state index contributed by atoms with van der Waals surface area (Å²) >= 11 is 0. The molecule has 1 heterocycles. The maximum Gasteiger partial charge on any atom is 0.0812 e. The van der Waals surface area contributed by atoms with E-state index < -0.39 is 0 Å². The van der Waals surface area contributed by atoms with E-state index in [1.807, 2.05) is 0 Å². The topological polar surface area (TPSA) is 12.5 Å². The summed E-state index contributed by atoms with van der Waals surface area (Å²) in [6.45, 7) is 3.29. The molecule has 13 heavy (non-hydrogen) atoms. The Hall–Kier alpha value is -0.820. The van der Waals surface area contributed by atoms with Crippen molar-refractivity contribution in [2.75, 3.05) is 6.61 Å². The molecule has 1 saturated heterocycles. The average molecular weight is 176 g/mol. The summed E-state index contributed by atoms with van der Waals surface area (Å²) in [5, 5.41) is 0. The largest absolute Gasteiger partial charge is 0.373 e. The molecular formula is C12H16O. The Morgan fingerprint density at radius 1 is 1.38 bits per heavy atom. The van der Waals surface area contributed by atoms with Gasteiger partial charge in [-0.1, -0.05) is 37.3 Å². The second kappa shape index (κ2) is 3.93. The predicted octanol–water partition coefficient (Wildman–Crippen LogP) is 2.65. The Kier molecular flexibility index (Phi) is 2.65. The normalized spacial score (nSPS) is 22.7. The first-order chi connectivity index (χ1) is 6.34. The summed E-state index contributed by atoms with van der Waals surface area (Å²) in [6.07, 6.45) is 2.97. The lowest BCUT2D eigenvalue weighted by Gasteiger charge is -2.08. The van der Waals surface area contributed by atoms with Gasteiger partial charge < -0.3 is 4.74 Å². The Labute approximate surface area is 79.7 Å². The zero-order chi connectivity index (χ0) is 9.10. The van der Waals surface area contributed by atoms with Gasteiger partial charge >= 0.3 is 0 Å². The van der Waals surface area contributed by atoms with Gasteiger partial charge in [0.05, 0.1) is 12.7 Å². The zero-order valence-corrected chi connectivity index (χ0v) is 8.07. The number of epoxide rings is 1. The number of benzene rings is 1. The van der Waals surface area contributed by atoms with Gasteiger partial charge in [-0.25, -0.2) is 0 Å². The van der Waals surface area contributed by atoms with E-state index in [-0.39, 0.29) is 0 Å². The van der Waals surface area contributed by atoms with Gasteiger partial charge in [0.25, 0.3) is 0 Å². The fourth-order valence-electron chi connectivity index (χ4n) is 1.75. The standard InChI is InChI=1S/C12H16O/c1-10(8-12-9-13-12)7-11-5-3-2-4-6-11/h2-6,10,12H,7-9H2,1H3. The maximum atomic E-state index is 5.22. The first-order valence-corrected chi connectivity index (χ1v) is 5.00. The van der Waals surface area contributed by atoms with E-state index in [1.54, 1.807) is 0 Å². The van der Waals surface area contributed by atoms with Crippen molar-refractivity contribution in [3.63, 3.8) is 0 Å². The van der Waals surface area contributed by atoms with Crippen LogP contribution < -0.4 is 0 Å². The second-order valence-electron chi connectivity index (χ2n) is 3.99. The van der Waals surface area contributed by atoms with Crippen molar-refractivity contribution >= 4 is 0 Å². The number of hydrogen-bond acceptors (Lipinski definition) is 1. The van der Waals surface area contributed by atoms with Gasteiger partial charge in [-0.2, -0.15) is 0 Å². The molecule has 0 aliphatic carbocycles. The molecule has 1 fully saturated rings. The maximum absolute atomic E-state index is 5.22. The van der Waals surface area contributed by atoms with Crippen LogP contribution in [0.2, 0.25) is 0 Å². The smallest absolute Gasteiger partial charge is 0.0812 e. The monoisotopic (exact) mass is 176 g/mol. The highest BCUT2D eigenvalue weighted by atomic mass is 16.6. The second-order valence-corrected chi connectivity index (χ2v) is 3.99.